The average Bonchev–Trinajstić information content (AvgIpc) is 2.30. The minimum atomic E-state index is -0.341. The first-order valence-corrected chi connectivity index (χ1v) is 4.88. The number of para-hydroxylation sites is 1. The first kappa shape index (κ1) is 10.4. The highest BCUT2D eigenvalue weighted by molar-refractivity contribution is 5.74. The molecule has 4 heteroatoms. The van der Waals surface area contributed by atoms with E-state index in [0.29, 0.717) is 11.4 Å². The minimum absolute atomic E-state index is 0.341. The lowest BCUT2D eigenvalue weighted by molar-refractivity contribution is 0.628. The molecule has 0 saturated carbocycles. The lowest BCUT2D eigenvalue weighted by Gasteiger charge is -2.21. The maximum Gasteiger partial charge on any atom is 0.148 e. The molecule has 2 rings (SSSR count). The van der Waals surface area contributed by atoms with Crippen LogP contribution in [0.3, 0.4) is 0 Å². The molecule has 0 amide bonds. The van der Waals surface area contributed by atoms with E-state index in [9.17, 15) is 4.39 Å². The highest BCUT2D eigenvalue weighted by atomic mass is 19.1. The second-order valence-corrected chi connectivity index (χ2v) is 3.45. The van der Waals surface area contributed by atoms with E-state index < -0.39 is 0 Å². The lowest BCUT2D eigenvalue weighted by atomic mass is 10.2. The Labute approximate surface area is 93.3 Å². The van der Waals surface area contributed by atoms with E-state index >= 15 is 0 Å². The highest BCUT2D eigenvalue weighted by Crippen LogP contribution is 2.30. The SMILES string of the molecule is CN(c1cccnc1)c1c(N)cccc1F. The summed E-state index contributed by atoms with van der Waals surface area (Å²) in [5.74, 6) is -0.341. The number of hydrogen-bond donors (Lipinski definition) is 1. The summed E-state index contributed by atoms with van der Waals surface area (Å²) in [4.78, 5) is 5.66. The van der Waals surface area contributed by atoms with Gasteiger partial charge in [0.2, 0.25) is 0 Å². The lowest BCUT2D eigenvalue weighted by Crippen LogP contribution is -2.13. The standard InChI is InChI=1S/C12H12FN3/c1-16(9-4-3-7-15-8-9)12-10(13)5-2-6-11(12)14/h2-8H,14H2,1H3. The summed E-state index contributed by atoms with van der Waals surface area (Å²) in [6.45, 7) is 0. The van der Waals surface area contributed by atoms with Crippen molar-refractivity contribution in [1.82, 2.24) is 4.98 Å². The Morgan fingerprint density at radius 1 is 1.25 bits per heavy atom. The van der Waals surface area contributed by atoms with Crippen molar-refractivity contribution in [1.29, 1.82) is 0 Å². The third-order valence-corrected chi connectivity index (χ3v) is 2.39. The third-order valence-electron chi connectivity index (χ3n) is 2.39. The van der Waals surface area contributed by atoms with Gasteiger partial charge in [-0.2, -0.15) is 0 Å². The number of nitrogens with zero attached hydrogens (tertiary/aromatic N) is 2. The number of aromatic nitrogens is 1. The van der Waals surface area contributed by atoms with Gasteiger partial charge in [0.1, 0.15) is 11.5 Å². The number of anilines is 3. The molecule has 16 heavy (non-hydrogen) atoms. The zero-order valence-electron chi connectivity index (χ0n) is 8.89. The maximum atomic E-state index is 13.6. The average molecular weight is 217 g/mol. The predicted octanol–water partition coefficient (Wildman–Crippen LogP) is 2.57. The molecule has 0 unspecified atom stereocenters. The Morgan fingerprint density at radius 3 is 2.69 bits per heavy atom. The Hall–Kier alpha value is -2.10. The van der Waals surface area contributed by atoms with Crippen LogP contribution in [0.4, 0.5) is 21.5 Å². The Balaban J connectivity index is 2.46. The molecule has 0 aliphatic carbocycles. The fourth-order valence-electron chi connectivity index (χ4n) is 1.57. The summed E-state index contributed by atoms with van der Waals surface area (Å²) in [7, 11) is 1.76. The summed E-state index contributed by atoms with van der Waals surface area (Å²) < 4.78 is 13.6. The molecule has 0 aliphatic rings. The molecule has 1 aromatic heterocycles. The Morgan fingerprint density at radius 2 is 2.06 bits per heavy atom. The van der Waals surface area contributed by atoms with Crippen LogP contribution in [-0.4, -0.2) is 12.0 Å². The minimum Gasteiger partial charge on any atom is -0.397 e. The van der Waals surface area contributed by atoms with Crippen LogP contribution in [0.15, 0.2) is 42.7 Å². The number of nitrogens with two attached hydrogens (primary N) is 1. The van der Waals surface area contributed by atoms with E-state index in [1.54, 1.807) is 42.5 Å². The normalized spacial score (nSPS) is 10.1. The van der Waals surface area contributed by atoms with Crippen LogP contribution in [0.5, 0.6) is 0 Å². The highest BCUT2D eigenvalue weighted by Gasteiger charge is 2.12. The molecule has 3 nitrogen and oxygen atoms in total. The van der Waals surface area contributed by atoms with Crippen LogP contribution < -0.4 is 10.6 Å². The van der Waals surface area contributed by atoms with Crippen LogP contribution >= 0.6 is 0 Å². The molecule has 1 heterocycles. The van der Waals surface area contributed by atoms with Gasteiger partial charge in [-0.3, -0.25) is 4.98 Å². The van der Waals surface area contributed by atoms with Gasteiger partial charge >= 0.3 is 0 Å². The molecule has 82 valence electrons. The summed E-state index contributed by atoms with van der Waals surface area (Å²) in [6, 6.07) is 8.29. The molecule has 2 N–H and O–H groups in total. The van der Waals surface area contributed by atoms with Crippen LogP contribution in [0, 0.1) is 5.82 Å². The molecule has 0 bridgehead atoms. The fraction of sp³-hybridized carbons (Fsp3) is 0.0833. The molecule has 0 atom stereocenters. The van der Waals surface area contributed by atoms with Crippen LogP contribution in [0.25, 0.3) is 0 Å². The van der Waals surface area contributed by atoms with Crippen molar-refractivity contribution in [2.75, 3.05) is 17.7 Å². The van der Waals surface area contributed by atoms with Crippen LogP contribution in [0.2, 0.25) is 0 Å². The predicted molar refractivity (Wildman–Crippen MR) is 63.1 cm³/mol. The van der Waals surface area contributed by atoms with Crippen molar-refractivity contribution < 1.29 is 4.39 Å². The van der Waals surface area contributed by atoms with E-state index in [1.165, 1.54) is 6.07 Å². The molecular formula is C12H12FN3. The zero-order valence-corrected chi connectivity index (χ0v) is 8.89. The second-order valence-electron chi connectivity index (χ2n) is 3.45. The van der Waals surface area contributed by atoms with Gasteiger partial charge in [-0.05, 0) is 24.3 Å². The van der Waals surface area contributed by atoms with Gasteiger partial charge in [0.05, 0.1) is 17.6 Å². The molecule has 0 spiro atoms. The molecule has 0 saturated heterocycles. The number of rotatable bonds is 2. The van der Waals surface area contributed by atoms with Crippen molar-refractivity contribution in [3.63, 3.8) is 0 Å². The molecule has 1 aromatic carbocycles. The smallest absolute Gasteiger partial charge is 0.148 e. The number of benzene rings is 1. The van der Waals surface area contributed by atoms with E-state index in [-0.39, 0.29) is 5.82 Å². The first-order chi connectivity index (χ1) is 7.70. The van der Waals surface area contributed by atoms with Gasteiger partial charge in [0.25, 0.3) is 0 Å². The molecule has 2 aromatic rings. The van der Waals surface area contributed by atoms with E-state index in [4.69, 9.17) is 5.73 Å². The van der Waals surface area contributed by atoms with Crippen molar-refractivity contribution in [2.24, 2.45) is 0 Å². The Bertz CT molecular complexity index is 465. The second kappa shape index (κ2) is 4.18. The maximum absolute atomic E-state index is 13.6. The molecule has 0 radical (unpaired) electrons. The van der Waals surface area contributed by atoms with E-state index in [0.717, 1.165) is 5.69 Å². The number of nitrogen functional groups attached to an aromatic ring is 1. The van der Waals surface area contributed by atoms with Crippen molar-refractivity contribution in [2.45, 2.75) is 0 Å². The fourth-order valence-corrected chi connectivity index (χ4v) is 1.57. The molecule has 0 fully saturated rings. The number of hydrogen-bond acceptors (Lipinski definition) is 3. The van der Waals surface area contributed by atoms with Gasteiger partial charge in [0, 0.05) is 13.2 Å². The summed E-state index contributed by atoms with van der Waals surface area (Å²) in [5, 5.41) is 0. The number of halogens is 1. The van der Waals surface area contributed by atoms with Crippen molar-refractivity contribution in [3.05, 3.63) is 48.5 Å². The van der Waals surface area contributed by atoms with Gasteiger partial charge < -0.3 is 10.6 Å². The molecular weight excluding hydrogens is 205 g/mol. The Kier molecular flexibility index (Phi) is 2.72. The quantitative estimate of drug-likeness (QED) is 0.786. The summed E-state index contributed by atoms with van der Waals surface area (Å²) in [6.07, 6.45) is 3.33. The largest absolute Gasteiger partial charge is 0.397 e. The van der Waals surface area contributed by atoms with Crippen molar-refractivity contribution >= 4 is 17.1 Å². The number of pyridine rings is 1. The van der Waals surface area contributed by atoms with E-state index in [2.05, 4.69) is 4.98 Å². The monoisotopic (exact) mass is 217 g/mol. The zero-order chi connectivity index (χ0) is 11.5. The topological polar surface area (TPSA) is 42.2 Å². The van der Waals surface area contributed by atoms with Gasteiger partial charge in [-0.1, -0.05) is 6.07 Å². The summed E-state index contributed by atoms with van der Waals surface area (Å²) in [5.41, 5.74) is 7.33. The van der Waals surface area contributed by atoms with Gasteiger partial charge in [0.15, 0.2) is 0 Å². The van der Waals surface area contributed by atoms with Crippen LogP contribution in [0.1, 0.15) is 0 Å². The van der Waals surface area contributed by atoms with Crippen molar-refractivity contribution in [3.8, 4) is 0 Å². The van der Waals surface area contributed by atoms with E-state index in [1.807, 2.05) is 6.07 Å². The van der Waals surface area contributed by atoms with Gasteiger partial charge in [-0.15, -0.1) is 0 Å². The first-order valence-electron chi connectivity index (χ1n) is 4.88. The van der Waals surface area contributed by atoms with Crippen LogP contribution in [-0.2, 0) is 0 Å². The third kappa shape index (κ3) is 1.82. The summed E-state index contributed by atoms with van der Waals surface area (Å²) >= 11 is 0. The van der Waals surface area contributed by atoms with Gasteiger partial charge in [-0.25, -0.2) is 4.39 Å². The molecule has 0 aliphatic heterocycles.